The summed E-state index contributed by atoms with van der Waals surface area (Å²) in [6, 6.07) is 3.81. The molecule has 0 aromatic carbocycles. The average Bonchev–Trinajstić information content (AvgIpc) is 2.97. The molecule has 2 aromatic rings. The van der Waals surface area contributed by atoms with Crippen LogP contribution in [-0.2, 0) is 16.1 Å². The Morgan fingerprint density at radius 3 is 2.28 bits per heavy atom. The van der Waals surface area contributed by atoms with Gasteiger partial charge in [0.25, 0.3) is 11.8 Å². The Morgan fingerprint density at radius 2 is 1.76 bits per heavy atom. The molecule has 2 rings (SSSR count). The second kappa shape index (κ2) is 9.51. The zero-order valence-corrected chi connectivity index (χ0v) is 18.4. The van der Waals surface area contributed by atoms with E-state index in [0.29, 0.717) is 15.4 Å². The Balaban J connectivity index is 2.27. The maximum atomic E-state index is 12.6. The third-order valence-corrected chi connectivity index (χ3v) is 5.39. The zero-order valence-electron chi connectivity index (χ0n) is 17.6. The van der Waals surface area contributed by atoms with E-state index in [1.807, 2.05) is 43.5 Å². The van der Waals surface area contributed by atoms with Crippen LogP contribution in [0.3, 0.4) is 0 Å². The minimum absolute atomic E-state index is 0.0733. The second-order valence-electron chi connectivity index (χ2n) is 6.85. The molecule has 0 saturated carbocycles. The minimum atomic E-state index is -0.558. The molecule has 156 valence electrons. The molecule has 0 atom stereocenters. The summed E-state index contributed by atoms with van der Waals surface area (Å²) in [4.78, 5) is 41.2. The smallest absolute Gasteiger partial charge is 0.341 e. The summed E-state index contributed by atoms with van der Waals surface area (Å²) in [5, 5.41) is 3.09. The molecule has 9 heteroatoms. The molecular weight excluding hydrogens is 392 g/mol. The molecule has 0 aliphatic carbocycles. The van der Waals surface area contributed by atoms with Crippen molar-refractivity contribution in [3.63, 3.8) is 0 Å². The number of rotatable bonds is 7. The van der Waals surface area contributed by atoms with Crippen LogP contribution in [0.1, 0.15) is 32.5 Å². The van der Waals surface area contributed by atoms with Crippen LogP contribution in [0.5, 0.6) is 0 Å². The van der Waals surface area contributed by atoms with Gasteiger partial charge < -0.3 is 19.9 Å². The van der Waals surface area contributed by atoms with Gasteiger partial charge in [-0.15, -0.1) is 11.3 Å². The fraction of sp³-hybridized carbons (Fsp3) is 0.400. The summed E-state index contributed by atoms with van der Waals surface area (Å²) < 4.78 is 6.85. The quantitative estimate of drug-likeness (QED) is 0.548. The highest BCUT2D eigenvalue weighted by Crippen LogP contribution is 2.34. The van der Waals surface area contributed by atoms with E-state index < -0.39 is 5.97 Å². The van der Waals surface area contributed by atoms with Crippen molar-refractivity contribution in [3.8, 4) is 0 Å². The maximum absolute atomic E-state index is 12.6. The van der Waals surface area contributed by atoms with Crippen LogP contribution in [0.2, 0.25) is 0 Å². The first-order valence-electron chi connectivity index (χ1n) is 9.14. The van der Waals surface area contributed by atoms with E-state index in [0.717, 1.165) is 17.0 Å². The van der Waals surface area contributed by atoms with Crippen molar-refractivity contribution in [2.24, 2.45) is 0 Å². The first-order valence-corrected chi connectivity index (χ1v) is 9.95. The van der Waals surface area contributed by atoms with Gasteiger partial charge in [-0.25, -0.2) is 4.79 Å². The van der Waals surface area contributed by atoms with Crippen LogP contribution >= 0.6 is 11.3 Å². The highest BCUT2D eigenvalue weighted by Gasteiger charge is 2.27. The number of nitrogens with zero attached hydrogens (tertiary/aromatic N) is 3. The van der Waals surface area contributed by atoms with Crippen LogP contribution in [0.25, 0.3) is 0 Å². The van der Waals surface area contributed by atoms with Gasteiger partial charge in [-0.05, 0) is 19.4 Å². The Labute approximate surface area is 174 Å². The van der Waals surface area contributed by atoms with Gasteiger partial charge in [-0.1, -0.05) is 0 Å². The van der Waals surface area contributed by atoms with E-state index in [9.17, 15) is 14.4 Å². The van der Waals surface area contributed by atoms with Crippen molar-refractivity contribution in [2.75, 3.05) is 45.0 Å². The van der Waals surface area contributed by atoms with Gasteiger partial charge >= 0.3 is 5.97 Å². The predicted octanol–water partition coefficient (Wildman–Crippen LogP) is 1.93. The SMILES string of the molecule is CCOC(=O)c1c(NC(=O)C[n+]2ccc(N(C)C)cc2)sc(C(=O)N(C)C)c1C. The number of esters is 1. The molecule has 2 amide bonds. The van der Waals surface area contributed by atoms with Crippen LogP contribution in [-0.4, -0.2) is 57.5 Å². The Kier molecular flexibility index (Phi) is 7.33. The summed E-state index contributed by atoms with van der Waals surface area (Å²) in [7, 11) is 7.15. The molecule has 0 aliphatic rings. The molecule has 0 spiro atoms. The number of amides is 2. The number of nitrogens with one attached hydrogen (secondary N) is 1. The number of aromatic nitrogens is 1. The van der Waals surface area contributed by atoms with Crippen molar-refractivity contribution >= 4 is 39.8 Å². The lowest BCUT2D eigenvalue weighted by Gasteiger charge is -2.10. The number of hydrogen-bond acceptors (Lipinski definition) is 6. The second-order valence-corrected chi connectivity index (χ2v) is 7.87. The normalized spacial score (nSPS) is 10.4. The molecular formula is C20H27N4O4S+. The molecule has 0 fully saturated rings. The standard InChI is InChI=1S/C20H26N4O4S/c1-7-28-20(27)16-13(2)17(19(26)23(5)6)29-18(16)21-15(25)12-24-10-8-14(9-11-24)22(3)4/h8-11H,7,12H2,1-6H3/p+1. The molecule has 1 N–H and O–H groups in total. The molecule has 0 unspecified atom stereocenters. The molecule has 0 saturated heterocycles. The lowest BCUT2D eigenvalue weighted by molar-refractivity contribution is -0.684. The van der Waals surface area contributed by atoms with Gasteiger partial charge in [0, 0.05) is 46.0 Å². The summed E-state index contributed by atoms with van der Waals surface area (Å²) in [5.41, 5.74) is 1.75. The molecule has 29 heavy (non-hydrogen) atoms. The number of carbonyl (C=O) groups is 3. The van der Waals surface area contributed by atoms with E-state index in [1.54, 1.807) is 32.5 Å². The number of thiophene rings is 1. The molecule has 0 bridgehead atoms. The van der Waals surface area contributed by atoms with Crippen LogP contribution in [0.15, 0.2) is 24.5 Å². The third kappa shape index (κ3) is 5.32. The van der Waals surface area contributed by atoms with Gasteiger partial charge in [0.1, 0.15) is 5.00 Å². The molecule has 2 heterocycles. The lowest BCUT2D eigenvalue weighted by atomic mass is 10.1. The number of hydrogen-bond donors (Lipinski definition) is 1. The summed E-state index contributed by atoms with van der Waals surface area (Å²) >= 11 is 1.08. The largest absolute Gasteiger partial charge is 0.462 e. The van der Waals surface area contributed by atoms with Gasteiger partial charge in [-0.3, -0.25) is 9.59 Å². The van der Waals surface area contributed by atoms with E-state index >= 15 is 0 Å². The van der Waals surface area contributed by atoms with Crippen LogP contribution in [0.4, 0.5) is 10.7 Å². The van der Waals surface area contributed by atoms with Crippen molar-refractivity contribution < 1.29 is 23.7 Å². The van der Waals surface area contributed by atoms with Crippen LogP contribution < -0.4 is 14.8 Å². The number of pyridine rings is 1. The molecule has 2 aromatic heterocycles. The minimum Gasteiger partial charge on any atom is -0.462 e. The summed E-state index contributed by atoms with van der Waals surface area (Å²) in [6.07, 6.45) is 3.61. The lowest BCUT2D eigenvalue weighted by Crippen LogP contribution is -2.39. The molecule has 0 radical (unpaired) electrons. The van der Waals surface area contributed by atoms with Crippen molar-refractivity contribution in [1.82, 2.24) is 4.90 Å². The van der Waals surface area contributed by atoms with Crippen molar-refractivity contribution in [1.29, 1.82) is 0 Å². The van der Waals surface area contributed by atoms with E-state index in [2.05, 4.69) is 5.32 Å². The number of ether oxygens (including phenoxy) is 1. The third-order valence-electron chi connectivity index (χ3n) is 4.20. The molecule has 0 aliphatic heterocycles. The van der Waals surface area contributed by atoms with Gasteiger partial charge in [0.05, 0.1) is 17.0 Å². The highest BCUT2D eigenvalue weighted by atomic mass is 32.1. The van der Waals surface area contributed by atoms with E-state index in [4.69, 9.17) is 4.74 Å². The number of anilines is 2. The van der Waals surface area contributed by atoms with Crippen molar-refractivity contribution in [3.05, 3.63) is 40.5 Å². The predicted molar refractivity (Wildman–Crippen MR) is 113 cm³/mol. The van der Waals surface area contributed by atoms with E-state index in [1.165, 1.54) is 4.90 Å². The van der Waals surface area contributed by atoms with Crippen LogP contribution in [0, 0.1) is 6.92 Å². The first-order chi connectivity index (χ1) is 13.6. The Hall–Kier alpha value is -2.94. The molecule has 8 nitrogen and oxygen atoms in total. The monoisotopic (exact) mass is 419 g/mol. The average molecular weight is 420 g/mol. The number of carbonyl (C=O) groups excluding carboxylic acids is 3. The topological polar surface area (TPSA) is 82.8 Å². The Morgan fingerprint density at radius 1 is 1.14 bits per heavy atom. The van der Waals surface area contributed by atoms with Gasteiger partial charge in [0.15, 0.2) is 12.4 Å². The Bertz CT molecular complexity index is 904. The summed E-state index contributed by atoms with van der Waals surface area (Å²) in [6.45, 7) is 3.66. The first kappa shape index (κ1) is 22.4. The van der Waals surface area contributed by atoms with Gasteiger partial charge in [-0.2, -0.15) is 4.57 Å². The fourth-order valence-electron chi connectivity index (χ4n) is 2.64. The zero-order chi connectivity index (χ0) is 21.7. The highest BCUT2D eigenvalue weighted by molar-refractivity contribution is 7.18. The maximum Gasteiger partial charge on any atom is 0.341 e. The van der Waals surface area contributed by atoms with Crippen molar-refractivity contribution in [2.45, 2.75) is 20.4 Å². The van der Waals surface area contributed by atoms with Gasteiger partial charge in [0.2, 0.25) is 6.54 Å². The summed E-state index contributed by atoms with van der Waals surface area (Å²) in [5.74, 6) is -1.09. The fourth-order valence-corrected chi connectivity index (χ4v) is 3.88. The van der Waals surface area contributed by atoms with E-state index in [-0.39, 0.29) is 30.5 Å².